The summed E-state index contributed by atoms with van der Waals surface area (Å²) < 4.78 is 37.1. The van der Waals surface area contributed by atoms with Gasteiger partial charge in [-0.05, 0) is 28.1 Å². The first-order chi connectivity index (χ1) is 6.36. The van der Waals surface area contributed by atoms with Crippen LogP contribution in [-0.4, -0.2) is 0 Å². The minimum atomic E-state index is -4.53. The fraction of sp³-hybridized carbons (Fsp3) is 0.125. The molecule has 0 aliphatic rings. The van der Waals surface area contributed by atoms with E-state index in [0.717, 1.165) is 12.1 Å². The number of halogens is 4. The zero-order chi connectivity index (χ0) is 10.9. The van der Waals surface area contributed by atoms with Crippen molar-refractivity contribution in [1.82, 2.24) is 0 Å². The highest BCUT2D eigenvalue weighted by Crippen LogP contribution is 2.36. The summed E-state index contributed by atoms with van der Waals surface area (Å²) in [6, 6.07) is 3.42. The third kappa shape index (κ3) is 1.99. The van der Waals surface area contributed by atoms with Crippen molar-refractivity contribution >= 4 is 21.6 Å². The molecule has 0 aromatic heterocycles. The fourth-order valence-electron chi connectivity index (χ4n) is 0.920. The largest absolute Gasteiger partial charge is 0.418 e. The van der Waals surface area contributed by atoms with E-state index in [1.807, 2.05) is 0 Å². The Balaban J connectivity index is 3.41. The molecule has 2 N–H and O–H groups in total. The molecule has 6 heteroatoms. The summed E-state index contributed by atoms with van der Waals surface area (Å²) in [7, 11) is 0. The molecule has 0 aliphatic carbocycles. The first-order valence-electron chi connectivity index (χ1n) is 3.42. The molecule has 1 aromatic carbocycles. The van der Waals surface area contributed by atoms with Crippen molar-refractivity contribution in [1.29, 1.82) is 5.26 Å². The topological polar surface area (TPSA) is 49.8 Å². The van der Waals surface area contributed by atoms with Gasteiger partial charge in [0.1, 0.15) is 6.07 Å². The third-order valence-electron chi connectivity index (χ3n) is 1.57. The van der Waals surface area contributed by atoms with E-state index >= 15 is 0 Å². The second kappa shape index (κ2) is 3.50. The molecule has 0 saturated carbocycles. The minimum absolute atomic E-state index is 0.0912. The van der Waals surface area contributed by atoms with Gasteiger partial charge < -0.3 is 5.73 Å². The van der Waals surface area contributed by atoms with Crippen molar-refractivity contribution in [3.8, 4) is 6.07 Å². The molecule has 0 aliphatic heterocycles. The van der Waals surface area contributed by atoms with Crippen LogP contribution in [0.2, 0.25) is 0 Å². The van der Waals surface area contributed by atoms with Crippen LogP contribution in [0.15, 0.2) is 16.6 Å². The van der Waals surface area contributed by atoms with Crippen molar-refractivity contribution in [2.45, 2.75) is 6.18 Å². The molecular formula is C8H4BrF3N2. The lowest BCUT2D eigenvalue weighted by atomic mass is 10.1. The number of alkyl halides is 3. The van der Waals surface area contributed by atoms with E-state index in [9.17, 15) is 13.2 Å². The van der Waals surface area contributed by atoms with Crippen molar-refractivity contribution in [2.24, 2.45) is 0 Å². The third-order valence-corrected chi connectivity index (χ3v) is 2.22. The Labute approximate surface area is 86.3 Å². The maximum atomic E-state index is 12.3. The summed E-state index contributed by atoms with van der Waals surface area (Å²) >= 11 is 2.94. The fourth-order valence-corrected chi connectivity index (χ4v) is 1.37. The summed E-state index contributed by atoms with van der Waals surface area (Å²) in [5.41, 5.74) is 3.69. The van der Waals surface area contributed by atoms with Crippen LogP contribution in [0.1, 0.15) is 11.1 Å². The highest BCUT2D eigenvalue weighted by molar-refractivity contribution is 9.10. The maximum Gasteiger partial charge on any atom is 0.418 e. The summed E-state index contributed by atoms with van der Waals surface area (Å²) in [4.78, 5) is 0. The highest BCUT2D eigenvalue weighted by atomic mass is 79.9. The Bertz CT molecular complexity index is 406. The smallest absolute Gasteiger partial charge is 0.398 e. The van der Waals surface area contributed by atoms with Gasteiger partial charge in [-0.1, -0.05) is 0 Å². The normalized spacial score (nSPS) is 11.1. The molecule has 0 amide bonds. The SMILES string of the molecule is N#Cc1cc(C(F)(F)F)c(N)cc1Br. The Kier molecular flexibility index (Phi) is 2.71. The van der Waals surface area contributed by atoms with Crippen molar-refractivity contribution < 1.29 is 13.2 Å². The minimum Gasteiger partial charge on any atom is -0.398 e. The summed E-state index contributed by atoms with van der Waals surface area (Å²) in [5.74, 6) is 0. The lowest BCUT2D eigenvalue weighted by Crippen LogP contribution is -2.09. The van der Waals surface area contributed by atoms with Gasteiger partial charge in [0.05, 0.1) is 11.1 Å². The predicted octanol–water partition coefficient (Wildman–Crippen LogP) is 2.92. The number of anilines is 1. The van der Waals surface area contributed by atoms with Gasteiger partial charge in [-0.15, -0.1) is 0 Å². The first-order valence-corrected chi connectivity index (χ1v) is 4.22. The number of nitriles is 1. The molecule has 0 bridgehead atoms. The Morgan fingerprint density at radius 2 is 1.93 bits per heavy atom. The number of nitrogens with zero attached hydrogens (tertiary/aromatic N) is 1. The van der Waals surface area contributed by atoms with Crippen molar-refractivity contribution in [3.63, 3.8) is 0 Å². The van der Waals surface area contributed by atoms with Gasteiger partial charge in [-0.3, -0.25) is 0 Å². The monoisotopic (exact) mass is 264 g/mol. The van der Waals surface area contributed by atoms with Gasteiger partial charge in [0.2, 0.25) is 0 Å². The molecule has 0 spiro atoms. The molecule has 1 rings (SSSR count). The van der Waals surface area contributed by atoms with Crippen molar-refractivity contribution in [3.05, 3.63) is 27.7 Å². The van der Waals surface area contributed by atoms with Crippen LogP contribution >= 0.6 is 15.9 Å². The molecule has 0 fully saturated rings. The molecule has 0 radical (unpaired) electrons. The molecule has 1 aromatic rings. The molecule has 0 heterocycles. The van der Waals surface area contributed by atoms with Crippen LogP contribution in [0, 0.1) is 11.3 Å². The number of nitrogen functional groups attached to an aromatic ring is 1. The number of nitrogens with two attached hydrogens (primary N) is 1. The summed E-state index contributed by atoms with van der Waals surface area (Å²) in [6.07, 6.45) is -4.53. The lowest BCUT2D eigenvalue weighted by molar-refractivity contribution is -0.136. The highest BCUT2D eigenvalue weighted by Gasteiger charge is 2.33. The number of benzene rings is 1. The first kappa shape index (κ1) is 10.9. The van der Waals surface area contributed by atoms with E-state index < -0.39 is 17.4 Å². The van der Waals surface area contributed by atoms with E-state index in [1.165, 1.54) is 0 Å². The quantitative estimate of drug-likeness (QED) is 0.733. The number of hydrogen-bond donors (Lipinski definition) is 1. The van der Waals surface area contributed by atoms with Gasteiger partial charge in [-0.25, -0.2) is 0 Å². The Morgan fingerprint density at radius 1 is 1.36 bits per heavy atom. The predicted molar refractivity (Wildman–Crippen MR) is 48.3 cm³/mol. The second-order valence-corrected chi connectivity index (χ2v) is 3.38. The number of rotatable bonds is 0. The van der Waals surface area contributed by atoms with Crippen LogP contribution in [0.4, 0.5) is 18.9 Å². The zero-order valence-corrected chi connectivity index (χ0v) is 8.28. The molecule has 0 unspecified atom stereocenters. The van der Waals surface area contributed by atoms with Gasteiger partial charge in [0, 0.05) is 10.2 Å². The van der Waals surface area contributed by atoms with Gasteiger partial charge >= 0.3 is 6.18 Å². The second-order valence-electron chi connectivity index (χ2n) is 2.53. The molecule has 2 nitrogen and oxygen atoms in total. The standard InChI is InChI=1S/C8H4BrF3N2/c9-6-2-7(14)5(8(10,11)12)1-4(6)3-13/h1-2H,14H2. The average molecular weight is 265 g/mol. The summed E-state index contributed by atoms with van der Waals surface area (Å²) in [5, 5.41) is 8.51. The maximum absolute atomic E-state index is 12.3. The summed E-state index contributed by atoms with van der Waals surface area (Å²) in [6.45, 7) is 0. The van der Waals surface area contributed by atoms with E-state index in [2.05, 4.69) is 15.9 Å². The lowest BCUT2D eigenvalue weighted by Gasteiger charge is -2.10. The number of hydrogen-bond acceptors (Lipinski definition) is 2. The molecule has 14 heavy (non-hydrogen) atoms. The van der Waals surface area contributed by atoms with Crippen LogP contribution in [-0.2, 0) is 6.18 Å². The molecular weight excluding hydrogens is 261 g/mol. The zero-order valence-electron chi connectivity index (χ0n) is 6.69. The molecule has 0 saturated heterocycles. The van der Waals surface area contributed by atoms with E-state index in [1.54, 1.807) is 6.07 Å². The Morgan fingerprint density at radius 3 is 2.36 bits per heavy atom. The average Bonchev–Trinajstić information content (AvgIpc) is 2.02. The van der Waals surface area contributed by atoms with Gasteiger partial charge in [-0.2, -0.15) is 18.4 Å². The van der Waals surface area contributed by atoms with Crippen LogP contribution < -0.4 is 5.73 Å². The Hall–Kier alpha value is -1.22. The van der Waals surface area contributed by atoms with Gasteiger partial charge in [0.25, 0.3) is 0 Å². The van der Waals surface area contributed by atoms with Crippen molar-refractivity contribution in [2.75, 3.05) is 5.73 Å². The van der Waals surface area contributed by atoms with Crippen LogP contribution in [0.25, 0.3) is 0 Å². The van der Waals surface area contributed by atoms with E-state index in [-0.39, 0.29) is 10.0 Å². The van der Waals surface area contributed by atoms with Gasteiger partial charge in [0.15, 0.2) is 0 Å². The molecule has 74 valence electrons. The van der Waals surface area contributed by atoms with Crippen LogP contribution in [0.3, 0.4) is 0 Å². The van der Waals surface area contributed by atoms with E-state index in [0.29, 0.717) is 0 Å². The molecule has 0 atom stereocenters. The van der Waals surface area contributed by atoms with E-state index in [4.69, 9.17) is 11.0 Å². The van der Waals surface area contributed by atoms with Crippen LogP contribution in [0.5, 0.6) is 0 Å².